The maximum absolute atomic E-state index is 9.77. The van der Waals surface area contributed by atoms with Gasteiger partial charge in [0.2, 0.25) is 0 Å². The molecule has 2 aromatic heterocycles. The van der Waals surface area contributed by atoms with Crippen LogP contribution >= 0.6 is 0 Å². The van der Waals surface area contributed by atoms with Gasteiger partial charge in [0.15, 0.2) is 5.76 Å². The summed E-state index contributed by atoms with van der Waals surface area (Å²) in [5, 5.41) is 23.6. The van der Waals surface area contributed by atoms with Crippen LogP contribution in [0.15, 0.2) is 47.2 Å². The molecule has 0 spiro atoms. The summed E-state index contributed by atoms with van der Waals surface area (Å²) in [7, 11) is 0. The number of hydrogen-bond donors (Lipinski definition) is 2. The van der Waals surface area contributed by atoms with Crippen LogP contribution in [0.4, 0.5) is 0 Å². The maximum atomic E-state index is 9.77. The number of nitrogens with zero attached hydrogens (tertiary/aromatic N) is 3. The lowest BCUT2D eigenvalue weighted by molar-refractivity contribution is 0.184. The molecule has 1 aromatic carbocycles. The highest BCUT2D eigenvalue weighted by Gasteiger charge is 2.38. The van der Waals surface area contributed by atoms with Gasteiger partial charge in [-0.1, -0.05) is 17.0 Å². The van der Waals surface area contributed by atoms with Crippen LogP contribution in [-0.2, 0) is 6.54 Å². The van der Waals surface area contributed by atoms with E-state index in [4.69, 9.17) is 4.52 Å². The van der Waals surface area contributed by atoms with Gasteiger partial charge in [-0.15, -0.1) is 0 Å². The molecule has 132 valence electrons. The molecule has 0 radical (unpaired) electrons. The second-order valence-corrected chi connectivity index (χ2v) is 6.63. The van der Waals surface area contributed by atoms with Crippen molar-refractivity contribution in [2.45, 2.75) is 38.0 Å². The van der Waals surface area contributed by atoms with Crippen LogP contribution in [-0.4, -0.2) is 30.5 Å². The lowest BCUT2D eigenvalue weighted by Gasteiger charge is -2.07. The summed E-state index contributed by atoms with van der Waals surface area (Å²) in [5.41, 5.74) is 1.74. The van der Waals surface area contributed by atoms with Gasteiger partial charge < -0.3 is 19.3 Å². The van der Waals surface area contributed by atoms with E-state index in [1.807, 2.05) is 34.9 Å². The molecule has 3 aromatic rings. The number of aliphatic hydroxyl groups is 2. The van der Waals surface area contributed by atoms with E-state index in [0.29, 0.717) is 18.1 Å². The molecule has 1 aliphatic carbocycles. The molecular weight excluding hydrogens is 330 g/mol. The Hall–Kier alpha value is -2.88. The third-order valence-corrected chi connectivity index (χ3v) is 4.35. The molecule has 2 heterocycles. The lowest BCUT2D eigenvalue weighted by Crippen LogP contribution is -2.07. The number of imidazole rings is 1. The molecule has 0 amide bonds. The number of aliphatic hydroxyl groups excluding tert-OH is 1. The van der Waals surface area contributed by atoms with Crippen molar-refractivity contribution in [3.05, 3.63) is 59.8 Å². The van der Waals surface area contributed by atoms with Gasteiger partial charge in [-0.05, 0) is 44.0 Å². The Morgan fingerprint density at radius 2 is 2.08 bits per heavy atom. The van der Waals surface area contributed by atoms with Crippen LogP contribution in [0.2, 0.25) is 0 Å². The van der Waals surface area contributed by atoms with Crippen LogP contribution in [0, 0.1) is 11.8 Å². The fraction of sp³-hybridized carbons (Fsp3) is 0.300. The molecule has 1 aliphatic rings. The Labute approximate surface area is 151 Å². The summed E-state index contributed by atoms with van der Waals surface area (Å²) >= 11 is 0. The van der Waals surface area contributed by atoms with Crippen molar-refractivity contribution in [1.82, 2.24) is 14.7 Å². The molecule has 4 rings (SSSR count). The molecule has 1 fully saturated rings. The lowest BCUT2D eigenvalue weighted by atomic mass is 10.1. The molecule has 2 N–H and O–H groups in total. The van der Waals surface area contributed by atoms with E-state index in [-0.39, 0.29) is 0 Å². The maximum Gasteiger partial charge on any atom is 0.167 e. The number of benzene rings is 1. The molecule has 6 heteroatoms. The highest BCUT2D eigenvalue weighted by atomic mass is 16.5. The third kappa shape index (κ3) is 3.54. The molecule has 1 saturated carbocycles. The van der Waals surface area contributed by atoms with Crippen molar-refractivity contribution >= 4 is 0 Å². The first-order valence-electron chi connectivity index (χ1n) is 8.53. The van der Waals surface area contributed by atoms with E-state index in [2.05, 4.69) is 22.0 Å². The highest BCUT2D eigenvalue weighted by molar-refractivity contribution is 5.59. The van der Waals surface area contributed by atoms with Gasteiger partial charge in [0, 0.05) is 29.6 Å². The minimum atomic E-state index is -0.767. The van der Waals surface area contributed by atoms with Crippen LogP contribution in [0.3, 0.4) is 0 Å². The molecular formula is C20H19N3O3. The van der Waals surface area contributed by atoms with Crippen molar-refractivity contribution in [2.75, 3.05) is 0 Å². The predicted molar refractivity (Wildman–Crippen MR) is 95.0 cm³/mol. The molecule has 1 atom stereocenters. The Bertz CT molecular complexity index is 970. The van der Waals surface area contributed by atoms with Crippen molar-refractivity contribution in [3.63, 3.8) is 0 Å². The van der Waals surface area contributed by atoms with Gasteiger partial charge in [0.05, 0.1) is 6.54 Å². The first-order valence-corrected chi connectivity index (χ1v) is 8.53. The summed E-state index contributed by atoms with van der Waals surface area (Å²) in [6, 6.07) is 9.52. The van der Waals surface area contributed by atoms with E-state index in [1.54, 1.807) is 19.3 Å². The summed E-state index contributed by atoms with van der Waals surface area (Å²) in [6.07, 6.45) is 4.33. The van der Waals surface area contributed by atoms with E-state index in [9.17, 15) is 10.2 Å². The Morgan fingerprint density at radius 3 is 2.77 bits per heavy atom. The predicted octanol–water partition coefficient (Wildman–Crippen LogP) is 2.52. The van der Waals surface area contributed by atoms with Crippen molar-refractivity contribution in [1.29, 1.82) is 0 Å². The minimum absolute atomic E-state index is 0.478. The first-order chi connectivity index (χ1) is 12.5. The second-order valence-electron chi connectivity index (χ2n) is 6.63. The van der Waals surface area contributed by atoms with Crippen LogP contribution in [0.1, 0.15) is 43.0 Å². The average molecular weight is 349 g/mol. The minimum Gasteiger partial charge on any atom is -0.385 e. The Kier molecular flexibility index (Phi) is 4.11. The summed E-state index contributed by atoms with van der Waals surface area (Å²) in [4.78, 5) is 4.15. The SMILES string of the molecule is CC(O)c1nccn1Cc1cc(-c2ccc(C#CC3(O)CC3)cc2)on1. The average Bonchev–Trinajstić information content (AvgIpc) is 3.03. The molecule has 26 heavy (non-hydrogen) atoms. The van der Waals surface area contributed by atoms with Crippen LogP contribution in [0.25, 0.3) is 11.3 Å². The van der Waals surface area contributed by atoms with E-state index < -0.39 is 11.7 Å². The molecule has 0 aliphatic heterocycles. The highest BCUT2D eigenvalue weighted by Crippen LogP contribution is 2.34. The number of aromatic nitrogens is 3. The van der Waals surface area contributed by atoms with Crippen LogP contribution < -0.4 is 0 Å². The normalized spacial score (nSPS) is 16.0. The van der Waals surface area contributed by atoms with Gasteiger partial charge in [-0.25, -0.2) is 4.98 Å². The zero-order valence-electron chi connectivity index (χ0n) is 14.4. The van der Waals surface area contributed by atoms with Gasteiger partial charge in [-0.2, -0.15) is 0 Å². The topological polar surface area (TPSA) is 84.3 Å². The number of hydrogen-bond acceptors (Lipinski definition) is 5. The van der Waals surface area contributed by atoms with Crippen molar-refractivity contribution in [2.24, 2.45) is 0 Å². The Morgan fingerprint density at radius 1 is 1.31 bits per heavy atom. The zero-order chi connectivity index (χ0) is 18.1. The van der Waals surface area contributed by atoms with Gasteiger partial charge in [0.1, 0.15) is 23.2 Å². The molecule has 1 unspecified atom stereocenters. The monoisotopic (exact) mass is 349 g/mol. The zero-order valence-corrected chi connectivity index (χ0v) is 14.4. The first kappa shape index (κ1) is 16.6. The van der Waals surface area contributed by atoms with E-state index >= 15 is 0 Å². The van der Waals surface area contributed by atoms with Crippen LogP contribution in [0.5, 0.6) is 0 Å². The summed E-state index contributed by atoms with van der Waals surface area (Å²) in [5.74, 6) is 7.15. The number of rotatable bonds is 4. The fourth-order valence-corrected chi connectivity index (χ4v) is 2.67. The molecule has 6 nitrogen and oxygen atoms in total. The van der Waals surface area contributed by atoms with Gasteiger partial charge in [0.25, 0.3) is 0 Å². The third-order valence-electron chi connectivity index (χ3n) is 4.35. The van der Waals surface area contributed by atoms with Crippen molar-refractivity contribution in [3.8, 4) is 23.2 Å². The smallest absolute Gasteiger partial charge is 0.167 e. The standard InChI is InChI=1S/C20H19N3O3/c1-14(24)19-21-10-11-23(19)13-17-12-18(26-22-17)16-4-2-15(3-5-16)6-7-20(25)8-9-20/h2-5,10-12,14,24-25H,8-9,13H2,1H3. The molecule has 0 bridgehead atoms. The van der Waals surface area contributed by atoms with Gasteiger partial charge >= 0.3 is 0 Å². The van der Waals surface area contributed by atoms with Crippen molar-refractivity contribution < 1.29 is 14.7 Å². The summed E-state index contributed by atoms with van der Waals surface area (Å²) < 4.78 is 7.28. The van der Waals surface area contributed by atoms with Gasteiger partial charge in [-0.3, -0.25) is 0 Å². The van der Waals surface area contributed by atoms with E-state index in [0.717, 1.165) is 29.7 Å². The summed E-state index contributed by atoms with van der Waals surface area (Å²) in [6.45, 7) is 2.16. The molecule has 0 saturated heterocycles. The largest absolute Gasteiger partial charge is 0.385 e. The Balaban J connectivity index is 1.48. The quantitative estimate of drug-likeness (QED) is 0.707. The van der Waals surface area contributed by atoms with E-state index in [1.165, 1.54) is 0 Å². The second kappa shape index (κ2) is 6.45. The fourth-order valence-electron chi connectivity index (χ4n) is 2.67.